The number of thiophene rings is 1. The van der Waals surface area contributed by atoms with E-state index >= 15 is 0 Å². The molecule has 2 heterocycles. The van der Waals surface area contributed by atoms with Crippen LogP contribution in [0.4, 0.5) is 0 Å². The van der Waals surface area contributed by atoms with Crippen LogP contribution in [0.2, 0.25) is 0 Å². The lowest BCUT2D eigenvalue weighted by Gasteiger charge is -2.47. The van der Waals surface area contributed by atoms with Crippen LogP contribution in [0.5, 0.6) is 0 Å². The number of halogens is 1. The summed E-state index contributed by atoms with van der Waals surface area (Å²) in [4.78, 5) is 14.9. The molecule has 0 spiro atoms. The molecular weight excluding hydrogens is 369 g/mol. The zero-order valence-electron chi connectivity index (χ0n) is 11.3. The van der Waals surface area contributed by atoms with E-state index < -0.39 is 0 Å². The second-order valence-corrected chi connectivity index (χ2v) is 8.73. The van der Waals surface area contributed by atoms with E-state index in [1.807, 2.05) is 11.4 Å². The third-order valence-corrected chi connectivity index (χ3v) is 6.60. The van der Waals surface area contributed by atoms with E-state index in [0.29, 0.717) is 6.04 Å². The molecule has 2 fully saturated rings. The van der Waals surface area contributed by atoms with Crippen LogP contribution in [0.3, 0.4) is 0 Å². The number of hydrogen-bond donors (Lipinski definition) is 0. The number of carbonyl (C=O) groups excluding carboxylic acids is 1. The molecule has 1 aliphatic heterocycles. The number of likely N-dealkylation sites (tertiary alicyclic amines) is 1. The van der Waals surface area contributed by atoms with Crippen LogP contribution in [0.1, 0.15) is 49.4 Å². The molecule has 3 unspecified atom stereocenters. The lowest BCUT2D eigenvalue weighted by Crippen LogP contribution is -2.52. The third-order valence-electron chi connectivity index (χ3n) is 4.81. The molecule has 1 aromatic rings. The molecule has 1 aromatic heterocycles. The van der Waals surface area contributed by atoms with Gasteiger partial charge in [0.05, 0.1) is 8.45 Å². The number of rotatable bonds is 1. The molecule has 2 nitrogen and oxygen atoms in total. The monoisotopic (exact) mass is 389 g/mol. The second-order valence-electron chi connectivity index (χ2n) is 5.92. The minimum atomic E-state index is 0.267. The molecule has 1 amide bonds. The fraction of sp³-hybridized carbons (Fsp3) is 0.667. The van der Waals surface area contributed by atoms with Crippen molar-refractivity contribution in [3.05, 3.63) is 19.9 Å². The van der Waals surface area contributed by atoms with Crippen LogP contribution < -0.4 is 0 Å². The smallest absolute Gasteiger partial charge is 0.254 e. The highest BCUT2D eigenvalue weighted by Gasteiger charge is 2.39. The highest BCUT2D eigenvalue weighted by molar-refractivity contribution is 14.1. The van der Waals surface area contributed by atoms with Gasteiger partial charge in [-0.2, -0.15) is 0 Å². The van der Waals surface area contributed by atoms with Crippen molar-refractivity contribution >= 4 is 39.8 Å². The predicted molar refractivity (Wildman–Crippen MR) is 87.6 cm³/mol. The Morgan fingerprint density at radius 1 is 1.37 bits per heavy atom. The van der Waals surface area contributed by atoms with Gasteiger partial charge in [0.25, 0.3) is 5.91 Å². The van der Waals surface area contributed by atoms with E-state index in [4.69, 9.17) is 0 Å². The number of nitrogens with zero attached hydrogens (tertiary/aromatic N) is 1. The van der Waals surface area contributed by atoms with E-state index in [0.717, 1.165) is 23.9 Å². The van der Waals surface area contributed by atoms with Crippen LogP contribution in [-0.4, -0.2) is 23.4 Å². The Morgan fingerprint density at radius 2 is 2.16 bits per heavy atom. The Morgan fingerprint density at radius 3 is 2.89 bits per heavy atom. The number of fused-ring (bicyclic) bond motifs is 1. The van der Waals surface area contributed by atoms with Crippen molar-refractivity contribution in [2.45, 2.75) is 45.1 Å². The molecule has 0 bridgehead atoms. The zero-order chi connectivity index (χ0) is 13.4. The molecule has 1 saturated heterocycles. The SMILES string of the molecule is CC1CCN(C(=O)c2csc(I)c2)C2CCCCC12. The molecule has 0 radical (unpaired) electrons. The van der Waals surface area contributed by atoms with Crippen molar-refractivity contribution in [1.82, 2.24) is 4.90 Å². The van der Waals surface area contributed by atoms with E-state index in [2.05, 4.69) is 34.4 Å². The molecule has 19 heavy (non-hydrogen) atoms. The first-order chi connectivity index (χ1) is 9.16. The van der Waals surface area contributed by atoms with Gasteiger partial charge in [-0.25, -0.2) is 0 Å². The van der Waals surface area contributed by atoms with Crippen molar-refractivity contribution in [2.75, 3.05) is 6.54 Å². The fourth-order valence-electron chi connectivity index (χ4n) is 3.75. The van der Waals surface area contributed by atoms with Gasteiger partial charge < -0.3 is 4.90 Å². The summed E-state index contributed by atoms with van der Waals surface area (Å²) in [7, 11) is 0. The summed E-state index contributed by atoms with van der Waals surface area (Å²) in [6, 6.07) is 2.53. The van der Waals surface area contributed by atoms with Gasteiger partial charge in [0, 0.05) is 18.0 Å². The van der Waals surface area contributed by atoms with Crippen molar-refractivity contribution in [1.29, 1.82) is 0 Å². The first kappa shape index (κ1) is 13.9. The van der Waals surface area contributed by atoms with Crippen molar-refractivity contribution in [3.8, 4) is 0 Å². The number of hydrogen-bond acceptors (Lipinski definition) is 2. The second kappa shape index (κ2) is 5.72. The quantitative estimate of drug-likeness (QED) is 0.653. The highest BCUT2D eigenvalue weighted by Crippen LogP contribution is 2.39. The molecule has 2 aliphatic rings. The van der Waals surface area contributed by atoms with Gasteiger partial charge in [-0.1, -0.05) is 19.8 Å². The Hall–Kier alpha value is -0.100. The van der Waals surface area contributed by atoms with Gasteiger partial charge in [-0.05, 0) is 59.8 Å². The molecular formula is C15H20INOS. The Kier molecular flexibility index (Phi) is 4.17. The minimum absolute atomic E-state index is 0.267. The zero-order valence-corrected chi connectivity index (χ0v) is 14.2. The normalized spacial score (nSPS) is 31.1. The molecule has 1 aliphatic carbocycles. The van der Waals surface area contributed by atoms with E-state index in [1.165, 1.54) is 35.0 Å². The lowest BCUT2D eigenvalue weighted by molar-refractivity contribution is 0.0218. The predicted octanol–water partition coefficient (Wildman–Crippen LogP) is 4.39. The topological polar surface area (TPSA) is 20.3 Å². The number of amides is 1. The maximum absolute atomic E-state index is 12.7. The van der Waals surface area contributed by atoms with Crippen molar-refractivity contribution in [3.63, 3.8) is 0 Å². The Bertz CT molecular complexity index is 472. The lowest BCUT2D eigenvalue weighted by atomic mass is 9.72. The summed E-state index contributed by atoms with van der Waals surface area (Å²) in [6.45, 7) is 3.33. The molecule has 104 valence electrons. The van der Waals surface area contributed by atoms with Gasteiger partial charge >= 0.3 is 0 Å². The number of carbonyl (C=O) groups is 1. The Labute approximate surface area is 132 Å². The number of piperidine rings is 1. The van der Waals surface area contributed by atoms with Gasteiger partial charge in [0.15, 0.2) is 0 Å². The van der Waals surface area contributed by atoms with Crippen LogP contribution in [0.25, 0.3) is 0 Å². The largest absolute Gasteiger partial charge is 0.335 e. The van der Waals surface area contributed by atoms with Crippen LogP contribution in [0, 0.1) is 14.7 Å². The maximum atomic E-state index is 12.7. The first-order valence-corrected chi connectivity index (χ1v) is 9.17. The van der Waals surface area contributed by atoms with Gasteiger partial charge in [0.2, 0.25) is 0 Å². The van der Waals surface area contributed by atoms with Crippen LogP contribution in [0.15, 0.2) is 11.4 Å². The van der Waals surface area contributed by atoms with Crippen LogP contribution in [-0.2, 0) is 0 Å². The summed E-state index contributed by atoms with van der Waals surface area (Å²) < 4.78 is 1.20. The molecule has 4 heteroatoms. The molecule has 0 N–H and O–H groups in total. The molecule has 3 atom stereocenters. The highest BCUT2D eigenvalue weighted by atomic mass is 127. The summed E-state index contributed by atoms with van der Waals surface area (Å²) in [5, 5.41) is 2.01. The van der Waals surface area contributed by atoms with E-state index in [1.54, 1.807) is 11.3 Å². The van der Waals surface area contributed by atoms with Gasteiger partial charge in [0.1, 0.15) is 0 Å². The van der Waals surface area contributed by atoms with E-state index in [9.17, 15) is 4.79 Å². The molecule has 0 aromatic carbocycles. The maximum Gasteiger partial charge on any atom is 0.254 e. The standard InChI is InChI=1S/C15H20INOS/c1-10-6-7-17(13-5-3-2-4-12(10)13)15(18)11-8-14(16)19-9-11/h8-10,12-13H,2-7H2,1H3. The Balaban J connectivity index is 1.81. The van der Waals surface area contributed by atoms with E-state index in [-0.39, 0.29) is 5.91 Å². The first-order valence-electron chi connectivity index (χ1n) is 7.22. The summed E-state index contributed by atoms with van der Waals surface area (Å²) in [5.74, 6) is 1.80. The summed E-state index contributed by atoms with van der Waals surface area (Å²) in [6.07, 6.45) is 6.34. The average molecular weight is 389 g/mol. The van der Waals surface area contributed by atoms with Crippen molar-refractivity contribution < 1.29 is 4.79 Å². The van der Waals surface area contributed by atoms with Gasteiger partial charge in [-0.3, -0.25) is 4.79 Å². The summed E-state index contributed by atoms with van der Waals surface area (Å²) >= 11 is 3.96. The van der Waals surface area contributed by atoms with Crippen LogP contribution >= 0.6 is 33.9 Å². The third kappa shape index (κ3) is 2.71. The van der Waals surface area contributed by atoms with Crippen molar-refractivity contribution in [2.24, 2.45) is 11.8 Å². The fourth-order valence-corrected chi connectivity index (χ4v) is 5.07. The average Bonchev–Trinajstić information content (AvgIpc) is 2.86. The minimum Gasteiger partial charge on any atom is -0.335 e. The molecule has 3 rings (SSSR count). The van der Waals surface area contributed by atoms with Gasteiger partial charge in [-0.15, -0.1) is 11.3 Å². The molecule has 1 saturated carbocycles. The summed E-state index contributed by atoms with van der Waals surface area (Å²) in [5.41, 5.74) is 0.897.